The van der Waals surface area contributed by atoms with Gasteiger partial charge in [-0.05, 0) is 35.0 Å². The van der Waals surface area contributed by atoms with E-state index in [0.717, 1.165) is 10.8 Å². The predicted octanol–water partition coefficient (Wildman–Crippen LogP) is 3.00. The van der Waals surface area contributed by atoms with Crippen LogP contribution in [0.1, 0.15) is 5.69 Å². The van der Waals surface area contributed by atoms with Gasteiger partial charge in [0.1, 0.15) is 17.6 Å². The van der Waals surface area contributed by atoms with Gasteiger partial charge in [-0.15, -0.1) is 0 Å². The Morgan fingerprint density at radius 3 is 2.65 bits per heavy atom. The molecule has 3 aromatic rings. The molecule has 0 saturated carbocycles. The number of ether oxygens (including phenoxy) is 1. The fourth-order valence-corrected chi connectivity index (χ4v) is 1.86. The molecular formula is C15H9N3O2. The van der Waals surface area contributed by atoms with Crippen LogP contribution in [0.15, 0.2) is 48.8 Å². The van der Waals surface area contributed by atoms with Gasteiger partial charge in [0, 0.05) is 12.4 Å². The first-order valence-corrected chi connectivity index (χ1v) is 5.88. The Labute approximate surface area is 114 Å². The van der Waals surface area contributed by atoms with E-state index in [-0.39, 0.29) is 17.3 Å². The van der Waals surface area contributed by atoms with Crippen molar-refractivity contribution in [1.29, 1.82) is 5.26 Å². The first-order valence-electron chi connectivity index (χ1n) is 5.88. The highest BCUT2D eigenvalue weighted by molar-refractivity contribution is 5.85. The summed E-state index contributed by atoms with van der Waals surface area (Å²) in [5, 5.41) is 20.2. The molecule has 0 amide bonds. The van der Waals surface area contributed by atoms with E-state index in [1.165, 1.54) is 12.4 Å². The molecular weight excluding hydrogens is 254 g/mol. The molecule has 1 N–H and O–H groups in total. The zero-order valence-corrected chi connectivity index (χ0v) is 10.3. The van der Waals surface area contributed by atoms with Gasteiger partial charge in [-0.3, -0.25) is 0 Å². The second kappa shape index (κ2) is 4.86. The molecule has 0 aliphatic heterocycles. The first kappa shape index (κ1) is 11.9. The minimum atomic E-state index is 0.128. The normalized spacial score (nSPS) is 10.2. The minimum Gasteiger partial charge on any atom is -0.508 e. The van der Waals surface area contributed by atoms with Crippen molar-refractivity contribution in [3.05, 3.63) is 54.5 Å². The Kier molecular flexibility index (Phi) is 2.90. The van der Waals surface area contributed by atoms with Crippen LogP contribution in [-0.4, -0.2) is 15.1 Å². The van der Waals surface area contributed by atoms with Crippen LogP contribution in [-0.2, 0) is 0 Å². The summed E-state index contributed by atoms with van der Waals surface area (Å²) in [4.78, 5) is 7.87. The molecule has 0 fully saturated rings. The molecule has 0 saturated heterocycles. The number of nitrogens with zero attached hydrogens (tertiary/aromatic N) is 3. The number of rotatable bonds is 2. The van der Waals surface area contributed by atoms with Crippen molar-refractivity contribution < 1.29 is 9.84 Å². The van der Waals surface area contributed by atoms with Crippen molar-refractivity contribution in [2.75, 3.05) is 0 Å². The summed E-state index contributed by atoms with van der Waals surface area (Å²) in [6.07, 6.45) is 2.90. The van der Waals surface area contributed by atoms with Crippen molar-refractivity contribution in [3.63, 3.8) is 0 Å². The fourth-order valence-electron chi connectivity index (χ4n) is 1.86. The van der Waals surface area contributed by atoms with E-state index in [2.05, 4.69) is 9.97 Å². The van der Waals surface area contributed by atoms with Gasteiger partial charge in [-0.2, -0.15) is 5.26 Å². The third-order valence-electron chi connectivity index (χ3n) is 2.78. The highest BCUT2D eigenvalue weighted by Crippen LogP contribution is 2.27. The number of fused-ring (bicyclic) bond motifs is 1. The molecule has 5 nitrogen and oxygen atoms in total. The minimum absolute atomic E-state index is 0.128. The fraction of sp³-hybridized carbons (Fsp3) is 0. The van der Waals surface area contributed by atoms with Gasteiger partial charge in [0.25, 0.3) is 5.88 Å². The lowest BCUT2D eigenvalue weighted by Gasteiger charge is -2.06. The zero-order valence-electron chi connectivity index (χ0n) is 10.3. The lowest BCUT2D eigenvalue weighted by Crippen LogP contribution is -1.93. The standard InChI is InChI=1S/C15H9N3O2/c16-9-14-15(18-6-5-17-14)20-13-4-2-10-1-3-12(19)7-11(10)8-13/h1-8,19H. The summed E-state index contributed by atoms with van der Waals surface area (Å²) < 4.78 is 5.57. The second-order valence-corrected chi connectivity index (χ2v) is 4.12. The molecule has 0 spiro atoms. The maximum atomic E-state index is 9.49. The van der Waals surface area contributed by atoms with Gasteiger partial charge in [-0.1, -0.05) is 12.1 Å². The van der Waals surface area contributed by atoms with Gasteiger partial charge in [0.15, 0.2) is 0 Å². The average Bonchev–Trinajstić information content (AvgIpc) is 2.47. The summed E-state index contributed by atoms with van der Waals surface area (Å²) in [7, 11) is 0. The molecule has 3 rings (SSSR count). The number of hydrogen-bond acceptors (Lipinski definition) is 5. The number of aromatic nitrogens is 2. The number of hydrogen-bond donors (Lipinski definition) is 1. The van der Waals surface area contributed by atoms with Crippen LogP contribution < -0.4 is 4.74 Å². The van der Waals surface area contributed by atoms with E-state index < -0.39 is 0 Å². The van der Waals surface area contributed by atoms with Crippen LogP contribution in [0.4, 0.5) is 0 Å². The van der Waals surface area contributed by atoms with E-state index in [0.29, 0.717) is 5.75 Å². The molecule has 0 unspecified atom stereocenters. The second-order valence-electron chi connectivity index (χ2n) is 4.12. The topological polar surface area (TPSA) is 79.0 Å². The summed E-state index contributed by atoms with van der Waals surface area (Å²) in [6, 6.07) is 12.4. The zero-order chi connectivity index (χ0) is 13.9. The van der Waals surface area contributed by atoms with Crippen LogP contribution in [0.2, 0.25) is 0 Å². The molecule has 5 heteroatoms. The number of aromatic hydroxyl groups is 1. The molecule has 0 atom stereocenters. The van der Waals surface area contributed by atoms with Crippen molar-refractivity contribution in [1.82, 2.24) is 9.97 Å². The lowest BCUT2D eigenvalue weighted by atomic mass is 10.1. The third-order valence-corrected chi connectivity index (χ3v) is 2.78. The van der Waals surface area contributed by atoms with Crippen LogP contribution >= 0.6 is 0 Å². The Balaban J connectivity index is 2.01. The van der Waals surface area contributed by atoms with Gasteiger partial charge in [0.2, 0.25) is 5.69 Å². The SMILES string of the molecule is N#Cc1nccnc1Oc1ccc2ccc(O)cc2c1. The summed E-state index contributed by atoms with van der Waals surface area (Å²) >= 11 is 0. The Hall–Kier alpha value is -3.13. The average molecular weight is 263 g/mol. The number of phenols is 1. The maximum absolute atomic E-state index is 9.49. The molecule has 0 bridgehead atoms. The molecule has 20 heavy (non-hydrogen) atoms. The quantitative estimate of drug-likeness (QED) is 0.768. The number of phenolic OH excluding ortho intramolecular Hbond substituents is 1. The first-order chi connectivity index (χ1) is 9.76. The van der Waals surface area contributed by atoms with E-state index in [4.69, 9.17) is 10.00 Å². The molecule has 0 aliphatic rings. The monoisotopic (exact) mass is 263 g/mol. The van der Waals surface area contributed by atoms with Gasteiger partial charge >= 0.3 is 0 Å². The van der Waals surface area contributed by atoms with Crippen LogP contribution in [0, 0.1) is 11.3 Å². The van der Waals surface area contributed by atoms with E-state index in [9.17, 15) is 5.11 Å². The van der Waals surface area contributed by atoms with Crippen molar-refractivity contribution in [2.24, 2.45) is 0 Å². The molecule has 1 aromatic heterocycles. The third kappa shape index (κ3) is 2.22. The van der Waals surface area contributed by atoms with Crippen molar-refractivity contribution in [2.45, 2.75) is 0 Å². The highest BCUT2D eigenvalue weighted by Gasteiger charge is 2.07. The largest absolute Gasteiger partial charge is 0.508 e. The van der Waals surface area contributed by atoms with Gasteiger partial charge in [-0.25, -0.2) is 9.97 Å². The molecule has 96 valence electrons. The van der Waals surface area contributed by atoms with Gasteiger partial charge < -0.3 is 9.84 Å². The smallest absolute Gasteiger partial charge is 0.256 e. The maximum Gasteiger partial charge on any atom is 0.256 e. The molecule has 0 aliphatic carbocycles. The number of nitriles is 1. The Morgan fingerprint density at radius 1 is 1.00 bits per heavy atom. The van der Waals surface area contributed by atoms with E-state index >= 15 is 0 Å². The molecule has 2 aromatic carbocycles. The van der Waals surface area contributed by atoms with Crippen molar-refractivity contribution in [3.8, 4) is 23.4 Å². The van der Waals surface area contributed by atoms with E-state index in [1.54, 1.807) is 24.3 Å². The predicted molar refractivity (Wildman–Crippen MR) is 72.4 cm³/mol. The lowest BCUT2D eigenvalue weighted by molar-refractivity contribution is 0.458. The summed E-state index contributed by atoms with van der Waals surface area (Å²) in [5.74, 6) is 0.876. The Bertz CT molecular complexity index is 825. The van der Waals surface area contributed by atoms with Crippen LogP contribution in [0.25, 0.3) is 10.8 Å². The van der Waals surface area contributed by atoms with Crippen molar-refractivity contribution >= 4 is 10.8 Å². The summed E-state index contributed by atoms with van der Waals surface area (Å²) in [6.45, 7) is 0. The van der Waals surface area contributed by atoms with Crippen LogP contribution in [0.5, 0.6) is 17.4 Å². The van der Waals surface area contributed by atoms with Gasteiger partial charge in [0.05, 0.1) is 0 Å². The highest BCUT2D eigenvalue weighted by atomic mass is 16.5. The Morgan fingerprint density at radius 2 is 1.80 bits per heavy atom. The molecule has 0 radical (unpaired) electrons. The van der Waals surface area contributed by atoms with Crippen LogP contribution in [0.3, 0.4) is 0 Å². The molecule has 1 heterocycles. The van der Waals surface area contributed by atoms with E-state index in [1.807, 2.05) is 18.2 Å². The summed E-state index contributed by atoms with van der Waals surface area (Å²) in [5.41, 5.74) is 0.128. The number of benzene rings is 2.